The molecule has 1 atom stereocenters. The van der Waals surface area contributed by atoms with Crippen LogP contribution in [-0.2, 0) is 24.3 Å². The second kappa shape index (κ2) is 9.15. The number of benzene rings is 1. The van der Waals surface area contributed by atoms with Crippen LogP contribution in [0.15, 0.2) is 40.6 Å². The van der Waals surface area contributed by atoms with Crippen molar-refractivity contribution in [1.29, 1.82) is 0 Å². The lowest BCUT2D eigenvalue weighted by atomic mass is 10.3. The topological polar surface area (TPSA) is 145 Å². The molecule has 0 bridgehead atoms. The Hall–Kier alpha value is -2.47. The lowest BCUT2D eigenvalue weighted by molar-refractivity contribution is -0.148. The number of rotatable bonds is 8. The third-order valence-corrected chi connectivity index (χ3v) is 5.98. The summed E-state index contributed by atoms with van der Waals surface area (Å²) in [6, 6.07) is 5.57. The molecule has 28 heavy (non-hydrogen) atoms. The van der Waals surface area contributed by atoms with E-state index in [0.717, 1.165) is 11.3 Å². The lowest BCUT2D eigenvalue weighted by Crippen LogP contribution is -2.40. The second-order valence-corrected chi connectivity index (χ2v) is 8.55. The van der Waals surface area contributed by atoms with Gasteiger partial charge in [0.25, 0.3) is 11.8 Å². The van der Waals surface area contributed by atoms with Gasteiger partial charge in [-0.1, -0.05) is 11.6 Å². The molecule has 1 heterocycles. The first-order chi connectivity index (χ1) is 13.1. The van der Waals surface area contributed by atoms with Crippen LogP contribution in [0.25, 0.3) is 0 Å². The summed E-state index contributed by atoms with van der Waals surface area (Å²) in [6.07, 6.45) is 0. The average Bonchev–Trinajstić information content (AvgIpc) is 3.08. The van der Waals surface area contributed by atoms with Gasteiger partial charge in [-0.05, 0) is 42.6 Å². The fourth-order valence-corrected chi connectivity index (χ4v) is 4.11. The van der Waals surface area contributed by atoms with Crippen LogP contribution in [0.1, 0.15) is 17.3 Å². The zero-order chi connectivity index (χ0) is 20.9. The summed E-state index contributed by atoms with van der Waals surface area (Å²) < 4.78 is 31.4. The molecular formula is C16H16ClN3O6S2. The van der Waals surface area contributed by atoms with E-state index in [4.69, 9.17) is 22.1 Å². The molecular weight excluding hydrogens is 430 g/mol. The second-order valence-electron chi connectivity index (χ2n) is 5.48. The Balaban J connectivity index is 1.89. The van der Waals surface area contributed by atoms with Crippen LogP contribution in [-0.4, -0.2) is 38.9 Å². The number of primary amides is 1. The number of nitrogens with two attached hydrogens (primary N) is 1. The van der Waals surface area contributed by atoms with Gasteiger partial charge in [-0.2, -0.15) is 4.72 Å². The molecule has 0 aliphatic rings. The number of carbonyl (C=O) groups excluding carboxylic acids is 3. The predicted octanol–water partition coefficient (Wildman–Crippen LogP) is 1.35. The number of nitrogens with one attached hydrogen (secondary N) is 2. The number of sulfonamides is 1. The van der Waals surface area contributed by atoms with Gasteiger partial charge in [-0.3, -0.25) is 14.4 Å². The van der Waals surface area contributed by atoms with Crippen molar-refractivity contribution in [1.82, 2.24) is 4.72 Å². The molecule has 1 aromatic heterocycles. The maximum atomic E-state index is 12.2. The number of anilines is 1. The Morgan fingerprint density at radius 1 is 1.21 bits per heavy atom. The first-order valence-corrected chi connectivity index (χ1v) is 10.5. The minimum absolute atomic E-state index is 0.0778. The molecule has 4 N–H and O–H groups in total. The van der Waals surface area contributed by atoms with E-state index in [1.54, 1.807) is 5.38 Å². The molecule has 1 aromatic carbocycles. The van der Waals surface area contributed by atoms with E-state index in [-0.39, 0.29) is 15.5 Å². The van der Waals surface area contributed by atoms with E-state index in [9.17, 15) is 22.8 Å². The number of hydrogen-bond acceptors (Lipinski definition) is 7. The number of halogens is 1. The van der Waals surface area contributed by atoms with Crippen LogP contribution in [0.3, 0.4) is 0 Å². The standard InChI is InChI=1S/C16H16ClN3O6S2/c1-9(20-28(24,25)11-4-2-10(17)3-5-11)16(23)26-8-13(21)19-15-12(14(18)22)6-7-27-15/h2-7,9,20H,8H2,1H3,(H2,18,22)(H,19,21)/t9-/m0/s1. The smallest absolute Gasteiger partial charge is 0.324 e. The zero-order valence-electron chi connectivity index (χ0n) is 14.5. The molecule has 0 aliphatic carbocycles. The molecule has 150 valence electrons. The van der Waals surface area contributed by atoms with Crippen molar-refractivity contribution in [2.24, 2.45) is 5.73 Å². The molecule has 0 saturated carbocycles. The monoisotopic (exact) mass is 445 g/mol. The van der Waals surface area contributed by atoms with Gasteiger partial charge in [0.1, 0.15) is 11.0 Å². The number of ether oxygens (including phenoxy) is 1. The zero-order valence-corrected chi connectivity index (χ0v) is 16.9. The van der Waals surface area contributed by atoms with Gasteiger partial charge < -0.3 is 15.8 Å². The predicted molar refractivity (Wildman–Crippen MR) is 104 cm³/mol. The normalized spacial score (nSPS) is 12.2. The summed E-state index contributed by atoms with van der Waals surface area (Å²) in [5, 5.41) is 4.55. The van der Waals surface area contributed by atoms with Crippen molar-refractivity contribution in [3.63, 3.8) is 0 Å². The first kappa shape index (κ1) is 21.8. The fraction of sp³-hybridized carbons (Fsp3) is 0.188. The fourth-order valence-electron chi connectivity index (χ4n) is 1.99. The van der Waals surface area contributed by atoms with Crippen molar-refractivity contribution in [2.45, 2.75) is 17.9 Å². The van der Waals surface area contributed by atoms with Crippen molar-refractivity contribution in [2.75, 3.05) is 11.9 Å². The first-order valence-electron chi connectivity index (χ1n) is 7.72. The molecule has 2 aromatic rings. The van der Waals surface area contributed by atoms with E-state index >= 15 is 0 Å². The lowest BCUT2D eigenvalue weighted by Gasteiger charge is -2.14. The molecule has 2 amide bonds. The Morgan fingerprint density at radius 3 is 2.46 bits per heavy atom. The van der Waals surface area contributed by atoms with E-state index in [0.29, 0.717) is 5.02 Å². The largest absolute Gasteiger partial charge is 0.454 e. The van der Waals surface area contributed by atoms with Crippen LogP contribution in [0.2, 0.25) is 5.02 Å². The van der Waals surface area contributed by atoms with Crippen molar-refractivity contribution in [3.8, 4) is 0 Å². The van der Waals surface area contributed by atoms with Gasteiger partial charge in [0.2, 0.25) is 10.0 Å². The molecule has 2 rings (SSSR count). The summed E-state index contributed by atoms with van der Waals surface area (Å²) in [6.45, 7) is 0.611. The highest BCUT2D eigenvalue weighted by Crippen LogP contribution is 2.22. The van der Waals surface area contributed by atoms with Crippen molar-refractivity contribution in [3.05, 3.63) is 46.3 Å². The van der Waals surface area contributed by atoms with Crippen LogP contribution < -0.4 is 15.8 Å². The maximum Gasteiger partial charge on any atom is 0.324 e. The van der Waals surface area contributed by atoms with E-state index < -0.39 is 40.5 Å². The average molecular weight is 446 g/mol. The Morgan fingerprint density at radius 2 is 1.86 bits per heavy atom. The molecule has 12 heteroatoms. The molecule has 0 unspecified atom stereocenters. The summed E-state index contributed by atoms with van der Waals surface area (Å²) in [4.78, 5) is 35.0. The highest BCUT2D eigenvalue weighted by molar-refractivity contribution is 7.89. The Labute approximate surface area is 169 Å². The highest BCUT2D eigenvalue weighted by atomic mass is 35.5. The molecule has 0 radical (unpaired) electrons. The third-order valence-electron chi connectivity index (χ3n) is 3.34. The number of carbonyl (C=O) groups is 3. The van der Waals surface area contributed by atoms with Crippen LogP contribution >= 0.6 is 22.9 Å². The van der Waals surface area contributed by atoms with Gasteiger partial charge in [0.05, 0.1) is 10.5 Å². The number of hydrogen-bond donors (Lipinski definition) is 3. The van der Waals surface area contributed by atoms with Gasteiger partial charge >= 0.3 is 5.97 Å². The van der Waals surface area contributed by atoms with Crippen LogP contribution in [0.4, 0.5) is 5.00 Å². The number of thiophene rings is 1. The molecule has 9 nitrogen and oxygen atoms in total. The van der Waals surface area contributed by atoms with Gasteiger partial charge in [-0.25, -0.2) is 8.42 Å². The quantitative estimate of drug-likeness (QED) is 0.523. The highest BCUT2D eigenvalue weighted by Gasteiger charge is 2.24. The van der Waals surface area contributed by atoms with Gasteiger partial charge in [-0.15, -0.1) is 11.3 Å². The van der Waals surface area contributed by atoms with Gasteiger partial charge in [0.15, 0.2) is 6.61 Å². The number of esters is 1. The molecule has 0 fully saturated rings. The van der Waals surface area contributed by atoms with E-state index in [1.165, 1.54) is 37.3 Å². The molecule has 0 saturated heterocycles. The van der Waals surface area contributed by atoms with Crippen LogP contribution in [0.5, 0.6) is 0 Å². The minimum atomic E-state index is -3.98. The number of amides is 2. The van der Waals surface area contributed by atoms with E-state index in [1.807, 2.05) is 0 Å². The SMILES string of the molecule is C[C@H](NS(=O)(=O)c1ccc(Cl)cc1)C(=O)OCC(=O)Nc1sccc1C(N)=O. The summed E-state index contributed by atoms with van der Waals surface area (Å²) >= 11 is 6.79. The molecule has 0 spiro atoms. The van der Waals surface area contributed by atoms with Crippen molar-refractivity contribution >= 4 is 55.7 Å². The van der Waals surface area contributed by atoms with E-state index in [2.05, 4.69) is 10.0 Å². The summed E-state index contributed by atoms with van der Waals surface area (Å²) in [5.74, 6) is -2.36. The Kier molecular flexibility index (Phi) is 7.13. The van der Waals surface area contributed by atoms with Crippen molar-refractivity contribution < 1.29 is 27.5 Å². The third kappa shape index (κ3) is 5.76. The van der Waals surface area contributed by atoms with Crippen LogP contribution in [0, 0.1) is 0 Å². The summed E-state index contributed by atoms with van der Waals surface area (Å²) in [7, 11) is -3.98. The Bertz CT molecular complexity index is 988. The summed E-state index contributed by atoms with van der Waals surface area (Å²) in [5.41, 5.74) is 5.30. The minimum Gasteiger partial charge on any atom is -0.454 e. The molecule has 0 aliphatic heterocycles. The van der Waals surface area contributed by atoms with Gasteiger partial charge in [0, 0.05) is 5.02 Å². The maximum absolute atomic E-state index is 12.2.